The predicted molar refractivity (Wildman–Crippen MR) is 91.7 cm³/mol. The number of aryl methyl sites for hydroxylation is 1. The molecule has 8 nitrogen and oxygen atoms in total. The number of carbonyl (C=O) groups excluding carboxylic acids is 1. The maximum atomic E-state index is 12.0. The minimum absolute atomic E-state index is 0.0379. The Balaban J connectivity index is 2.03. The second kappa shape index (κ2) is 6.33. The van der Waals surface area contributed by atoms with Crippen LogP contribution in [-0.4, -0.2) is 20.9 Å². The van der Waals surface area contributed by atoms with Crippen molar-refractivity contribution >= 4 is 39.8 Å². The fourth-order valence-electron chi connectivity index (χ4n) is 2.38. The van der Waals surface area contributed by atoms with Crippen LogP contribution in [0.25, 0.3) is 10.9 Å². The van der Waals surface area contributed by atoms with Crippen molar-refractivity contribution in [2.75, 3.05) is 0 Å². The van der Waals surface area contributed by atoms with E-state index in [1.807, 2.05) is 0 Å². The van der Waals surface area contributed by atoms with Crippen LogP contribution >= 0.6 is 11.6 Å². The van der Waals surface area contributed by atoms with Crippen LogP contribution in [0.3, 0.4) is 0 Å². The number of rotatable bonds is 3. The number of hydrogen-bond donors (Lipinski definition) is 2. The number of nitrogens with zero attached hydrogens (tertiary/aromatic N) is 3. The van der Waals surface area contributed by atoms with E-state index in [-0.39, 0.29) is 22.8 Å². The summed E-state index contributed by atoms with van der Waals surface area (Å²) in [6.07, 6.45) is 0. The minimum Gasteiger partial charge on any atom is -0.493 e. The fraction of sp³-hybridized carbons (Fsp3) is 0.0625. The molecule has 1 amide bonds. The molecule has 0 saturated heterocycles. The van der Waals surface area contributed by atoms with Crippen LogP contribution in [0.1, 0.15) is 15.9 Å². The van der Waals surface area contributed by atoms with Crippen molar-refractivity contribution in [3.05, 3.63) is 62.7 Å². The molecular weight excluding hydrogens is 348 g/mol. The van der Waals surface area contributed by atoms with E-state index in [4.69, 9.17) is 11.6 Å². The van der Waals surface area contributed by atoms with Gasteiger partial charge in [0.15, 0.2) is 5.69 Å². The number of amides is 1. The number of halogens is 1. The van der Waals surface area contributed by atoms with Crippen molar-refractivity contribution in [1.29, 1.82) is 0 Å². The normalized spacial score (nSPS) is 11.3. The molecule has 0 unspecified atom stereocenters. The lowest BCUT2D eigenvalue weighted by Crippen LogP contribution is -1.92. The summed E-state index contributed by atoms with van der Waals surface area (Å²) < 4.78 is 0. The third-order valence-electron chi connectivity index (χ3n) is 3.59. The Morgan fingerprint density at radius 2 is 1.96 bits per heavy atom. The molecule has 0 radical (unpaired) electrons. The highest BCUT2D eigenvalue weighted by Gasteiger charge is 2.18. The van der Waals surface area contributed by atoms with Crippen LogP contribution < -0.4 is 0 Å². The average Bonchev–Trinajstić information content (AvgIpc) is 2.89. The fourth-order valence-corrected chi connectivity index (χ4v) is 2.50. The van der Waals surface area contributed by atoms with Gasteiger partial charge in [0, 0.05) is 28.1 Å². The number of non-ortho nitro benzene ring substituents is 1. The van der Waals surface area contributed by atoms with Gasteiger partial charge in [0.05, 0.1) is 10.4 Å². The quantitative estimate of drug-likeness (QED) is 0.401. The number of nitro benzene ring substituents is 1. The third-order valence-corrected chi connectivity index (χ3v) is 3.84. The molecule has 1 heterocycles. The number of carbonyl (C=O) groups is 1. The van der Waals surface area contributed by atoms with Gasteiger partial charge in [-0.15, -0.1) is 10.2 Å². The molecule has 9 heteroatoms. The second-order valence-electron chi connectivity index (χ2n) is 5.28. The lowest BCUT2D eigenvalue weighted by Gasteiger charge is -1.97. The van der Waals surface area contributed by atoms with Gasteiger partial charge < -0.3 is 10.1 Å². The molecule has 0 aliphatic heterocycles. The van der Waals surface area contributed by atoms with E-state index in [1.54, 1.807) is 19.1 Å². The largest absolute Gasteiger partial charge is 0.493 e. The lowest BCUT2D eigenvalue weighted by molar-refractivity contribution is -0.384. The summed E-state index contributed by atoms with van der Waals surface area (Å²) in [4.78, 5) is 25.2. The molecule has 25 heavy (non-hydrogen) atoms. The first-order valence-corrected chi connectivity index (χ1v) is 7.46. The number of nitrogens with one attached hydrogen (secondary N) is 1. The van der Waals surface area contributed by atoms with Crippen LogP contribution in [0.2, 0.25) is 5.02 Å². The average molecular weight is 359 g/mol. The number of hydrogen-bond acceptors (Lipinski definition) is 5. The van der Waals surface area contributed by atoms with E-state index < -0.39 is 10.8 Å². The second-order valence-corrected chi connectivity index (χ2v) is 5.71. The Bertz CT molecular complexity index is 1020. The van der Waals surface area contributed by atoms with Gasteiger partial charge in [0.1, 0.15) is 0 Å². The topological polar surface area (TPSA) is 121 Å². The first-order chi connectivity index (χ1) is 11.9. The first kappa shape index (κ1) is 16.6. The summed E-state index contributed by atoms with van der Waals surface area (Å²) in [6, 6.07) is 8.71. The Labute approximate surface area is 145 Å². The van der Waals surface area contributed by atoms with Gasteiger partial charge in [-0.3, -0.25) is 14.9 Å². The molecule has 0 atom stereocenters. The van der Waals surface area contributed by atoms with Crippen molar-refractivity contribution < 1.29 is 14.8 Å². The Hall–Kier alpha value is -3.26. The molecule has 0 spiro atoms. The van der Waals surface area contributed by atoms with E-state index in [0.717, 1.165) is 0 Å². The Morgan fingerprint density at radius 1 is 1.28 bits per heavy atom. The maximum Gasteiger partial charge on any atom is 0.295 e. The van der Waals surface area contributed by atoms with Crippen molar-refractivity contribution in [1.82, 2.24) is 4.98 Å². The smallest absolute Gasteiger partial charge is 0.295 e. The van der Waals surface area contributed by atoms with Crippen molar-refractivity contribution in [3.8, 4) is 5.88 Å². The zero-order chi connectivity index (χ0) is 18.1. The SMILES string of the molecule is Cc1cc([N+](=O)[O-])cc2c(N=NC(=O)c3ccc(Cl)cc3)c(O)[nH]c12. The van der Waals surface area contributed by atoms with E-state index >= 15 is 0 Å². The standard InChI is InChI=1S/C16H11ClN4O4/c1-8-6-11(21(24)25)7-12-13(8)18-16(23)14(12)19-20-15(22)9-2-4-10(17)5-3-9/h2-7,18,23H,1H3. The number of aromatic hydroxyl groups is 1. The van der Waals surface area contributed by atoms with E-state index in [1.165, 1.54) is 24.3 Å². The monoisotopic (exact) mass is 358 g/mol. The number of fused-ring (bicyclic) bond motifs is 1. The van der Waals surface area contributed by atoms with Crippen LogP contribution in [0.4, 0.5) is 11.4 Å². The first-order valence-electron chi connectivity index (χ1n) is 7.08. The minimum atomic E-state index is -0.632. The van der Waals surface area contributed by atoms with E-state index in [0.29, 0.717) is 21.5 Å². The molecule has 126 valence electrons. The van der Waals surface area contributed by atoms with E-state index in [2.05, 4.69) is 15.2 Å². The van der Waals surface area contributed by atoms with Gasteiger partial charge in [-0.2, -0.15) is 0 Å². The van der Waals surface area contributed by atoms with Crippen LogP contribution in [0.5, 0.6) is 5.88 Å². The summed E-state index contributed by atoms with van der Waals surface area (Å²) >= 11 is 5.76. The highest BCUT2D eigenvalue weighted by molar-refractivity contribution is 6.30. The van der Waals surface area contributed by atoms with Gasteiger partial charge in [0.25, 0.3) is 11.6 Å². The highest BCUT2D eigenvalue weighted by Crippen LogP contribution is 2.39. The number of nitro groups is 1. The van der Waals surface area contributed by atoms with Crippen molar-refractivity contribution in [3.63, 3.8) is 0 Å². The van der Waals surface area contributed by atoms with Gasteiger partial charge in [-0.25, -0.2) is 0 Å². The van der Waals surface area contributed by atoms with Gasteiger partial charge >= 0.3 is 0 Å². The molecule has 2 N–H and O–H groups in total. The molecule has 1 aromatic heterocycles. The molecule has 0 aliphatic carbocycles. The Morgan fingerprint density at radius 3 is 2.60 bits per heavy atom. The van der Waals surface area contributed by atoms with Crippen molar-refractivity contribution in [2.45, 2.75) is 6.92 Å². The molecule has 0 saturated carbocycles. The summed E-state index contributed by atoms with van der Waals surface area (Å²) in [7, 11) is 0. The maximum absolute atomic E-state index is 12.0. The molecule has 0 bridgehead atoms. The number of H-pyrrole nitrogens is 1. The zero-order valence-corrected chi connectivity index (χ0v) is 13.6. The molecule has 3 aromatic rings. The lowest BCUT2D eigenvalue weighted by atomic mass is 10.1. The summed E-state index contributed by atoms with van der Waals surface area (Å²) in [5, 5.41) is 29.1. The van der Waals surface area contributed by atoms with Crippen LogP contribution in [-0.2, 0) is 0 Å². The summed E-state index contributed by atoms with van der Waals surface area (Å²) in [5.74, 6) is -0.959. The van der Waals surface area contributed by atoms with Gasteiger partial charge in [-0.1, -0.05) is 11.6 Å². The summed E-state index contributed by atoms with van der Waals surface area (Å²) in [5.41, 5.74) is 1.13. The predicted octanol–water partition coefficient (Wildman–Crippen LogP) is 4.67. The van der Waals surface area contributed by atoms with Crippen LogP contribution in [0.15, 0.2) is 46.6 Å². The molecule has 0 aliphatic rings. The Kier molecular flexibility index (Phi) is 4.20. The number of aromatic nitrogens is 1. The molecule has 3 rings (SSSR count). The van der Waals surface area contributed by atoms with Crippen LogP contribution in [0, 0.1) is 17.0 Å². The van der Waals surface area contributed by atoms with Gasteiger partial charge in [0.2, 0.25) is 5.88 Å². The summed E-state index contributed by atoms with van der Waals surface area (Å²) in [6.45, 7) is 1.66. The molecular formula is C16H11ClN4O4. The number of azo groups is 1. The number of aromatic amines is 1. The van der Waals surface area contributed by atoms with Gasteiger partial charge in [-0.05, 0) is 36.8 Å². The molecule has 2 aromatic carbocycles. The third kappa shape index (κ3) is 3.20. The molecule has 0 fully saturated rings. The zero-order valence-electron chi connectivity index (χ0n) is 12.9. The highest BCUT2D eigenvalue weighted by atomic mass is 35.5. The van der Waals surface area contributed by atoms with E-state index in [9.17, 15) is 20.0 Å². The van der Waals surface area contributed by atoms with Crippen molar-refractivity contribution in [2.24, 2.45) is 10.2 Å². The number of benzene rings is 2.